The van der Waals surface area contributed by atoms with Crippen molar-refractivity contribution in [2.45, 2.75) is 47.7 Å². The first kappa shape index (κ1) is 43.9. The van der Waals surface area contributed by atoms with Crippen LogP contribution in [0, 0.1) is 54.7 Å². The van der Waals surface area contributed by atoms with Gasteiger partial charge in [0, 0.05) is 32.7 Å². The van der Waals surface area contributed by atoms with Gasteiger partial charge in [0.1, 0.15) is 0 Å². The number of aryl methyl sites for hydroxylation is 6. The molecule has 0 amide bonds. The van der Waals surface area contributed by atoms with Gasteiger partial charge in [-0.15, -0.1) is 0 Å². The van der Waals surface area contributed by atoms with Gasteiger partial charge in [-0.25, -0.2) is 9.69 Å². The summed E-state index contributed by atoms with van der Waals surface area (Å²) in [7, 11) is 0. The Morgan fingerprint density at radius 1 is 0.400 bits per heavy atom. The molecule has 70 heavy (non-hydrogen) atoms. The summed E-state index contributed by atoms with van der Waals surface area (Å²) in [6.07, 6.45) is -4.61. The largest absolute Gasteiger partial charge is 0.415 e. The molecule has 0 radical (unpaired) electrons. The van der Waals surface area contributed by atoms with Crippen molar-refractivity contribution >= 4 is 55.0 Å². The monoisotopic (exact) mass is 914 g/mol. The lowest BCUT2D eigenvalue weighted by Crippen LogP contribution is -2.04. The third-order valence-corrected chi connectivity index (χ3v) is 13.9. The van der Waals surface area contributed by atoms with Gasteiger partial charge in [0.25, 0.3) is 0 Å². The minimum Gasteiger partial charge on any atom is -0.309 e. The Kier molecular flexibility index (Phi) is 10.4. The Bertz CT molecular complexity index is 4050. The van der Waals surface area contributed by atoms with E-state index in [4.69, 9.17) is 13.1 Å². The lowest BCUT2D eigenvalue weighted by Gasteiger charge is -2.21. The highest BCUT2D eigenvalue weighted by Crippen LogP contribution is 2.46. The van der Waals surface area contributed by atoms with Gasteiger partial charge in [-0.1, -0.05) is 114 Å². The van der Waals surface area contributed by atoms with Crippen LogP contribution in [0.3, 0.4) is 0 Å². The minimum absolute atomic E-state index is 0.0967. The zero-order valence-electron chi connectivity index (χ0n) is 39.5. The van der Waals surface area contributed by atoms with Crippen LogP contribution in [-0.4, -0.2) is 9.13 Å². The molecule has 338 valence electrons. The first-order chi connectivity index (χ1) is 33.7. The lowest BCUT2D eigenvalue weighted by atomic mass is 9.93. The van der Waals surface area contributed by atoms with E-state index >= 15 is 0 Å². The van der Waals surface area contributed by atoms with E-state index in [0.717, 1.165) is 89.4 Å². The number of benzene rings is 9. The van der Waals surface area contributed by atoms with E-state index < -0.39 is 11.7 Å². The number of hydrogen-bond acceptors (Lipinski definition) is 0. The van der Waals surface area contributed by atoms with Crippen molar-refractivity contribution in [3.63, 3.8) is 0 Å². The number of alkyl halides is 3. The second kappa shape index (κ2) is 16.5. The smallest absolute Gasteiger partial charge is 0.309 e. The predicted molar refractivity (Wildman–Crippen MR) is 283 cm³/mol. The summed E-state index contributed by atoms with van der Waals surface area (Å²) in [6, 6.07) is 53.8. The molecule has 4 nitrogen and oxygen atoms in total. The van der Waals surface area contributed by atoms with Crippen molar-refractivity contribution in [2.75, 3.05) is 0 Å². The molecule has 9 aromatic carbocycles. The normalized spacial score (nSPS) is 11.8. The SMILES string of the molecule is [C-]#[N+]c1ccc(-n2c3ccccc3c3cc(-c4c(C)cc(C)cc4C)ccc32)c(-c2ccc(-c3ccc(C(F)(F)F)cc3[N+]#[C-])cc2-n2c3ccccc3c3cc(-c4c(C)cc(C)cc4C)ccc32)c1. The summed E-state index contributed by atoms with van der Waals surface area (Å²) < 4.78 is 46.6. The highest BCUT2D eigenvalue weighted by Gasteiger charge is 2.31. The highest BCUT2D eigenvalue weighted by molar-refractivity contribution is 6.13. The molecule has 11 rings (SSSR count). The zero-order valence-corrected chi connectivity index (χ0v) is 39.5. The molecule has 0 aliphatic rings. The van der Waals surface area contributed by atoms with E-state index in [0.29, 0.717) is 16.8 Å². The maximum atomic E-state index is 14.0. The van der Waals surface area contributed by atoms with E-state index in [9.17, 15) is 13.2 Å². The van der Waals surface area contributed by atoms with Crippen molar-refractivity contribution in [3.8, 4) is 55.9 Å². The zero-order chi connectivity index (χ0) is 48.7. The fourth-order valence-corrected chi connectivity index (χ4v) is 11.2. The van der Waals surface area contributed by atoms with Crippen LogP contribution in [0.1, 0.15) is 38.9 Å². The first-order valence-corrected chi connectivity index (χ1v) is 23.2. The van der Waals surface area contributed by atoms with Gasteiger partial charge < -0.3 is 9.13 Å². The van der Waals surface area contributed by atoms with Gasteiger partial charge in [0.05, 0.1) is 46.6 Å². The molecule has 0 aliphatic carbocycles. The van der Waals surface area contributed by atoms with Crippen LogP contribution < -0.4 is 0 Å². The first-order valence-electron chi connectivity index (χ1n) is 23.2. The van der Waals surface area contributed by atoms with Crippen LogP contribution in [-0.2, 0) is 6.18 Å². The second-order valence-corrected chi connectivity index (χ2v) is 18.6. The third-order valence-electron chi connectivity index (χ3n) is 13.9. The van der Waals surface area contributed by atoms with Crippen LogP contribution >= 0.6 is 0 Å². The summed E-state index contributed by atoms with van der Waals surface area (Å²) in [4.78, 5) is 7.57. The minimum atomic E-state index is -4.61. The van der Waals surface area contributed by atoms with Gasteiger partial charge in [0.15, 0.2) is 11.4 Å². The Morgan fingerprint density at radius 2 is 0.886 bits per heavy atom. The van der Waals surface area contributed by atoms with Crippen LogP contribution in [0.4, 0.5) is 24.5 Å². The Labute approximate surface area is 404 Å². The number of para-hydroxylation sites is 2. The molecule has 0 bridgehead atoms. The molecule has 7 heteroatoms. The molecule has 2 aromatic heterocycles. The Hall–Kier alpha value is -8.65. The van der Waals surface area contributed by atoms with E-state index in [1.165, 1.54) is 50.6 Å². The molecular weight excluding hydrogens is 870 g/mol. The number of nitrogens with zero attached hydrogens (tertiary/aromatic N) is 4. The second-order valence-electron chi connectivity index (χ2n) is 18.6. The molecule has 0 fully saturated rings. The van der Waals surface area contributed by atoms with Gasteiger partial charge in [-0.3, -0.25) is 0 Å². The quantitative estimate of drug-likeness (QED) is 0.148. The van der Waals surface area contributed by atoms with Crippen LogP contribution in [0.5, 0.6) is 0 Å². The van der Waals surface area contributed by atoms with E-state index in [1.807, 2.05) is 54.6 Å². The Morgan fingerprint density at radius 3 is 1.40 bits per heavy atom. The number of rotatable bonds is 6. The van der Waals surface area contributed by atoms with Crippen molar-refractivity contribution in [3.05, 3.63) is 226 Å². The Balaban J connectivity index is 1.22. The van der Waals surface area contributed by atoms with E-state index in [-0.39, 0.29) is 5.69 Å². The van der Waals surface area contributed by atoms with E-state index in [1.54, 1.807) is 0 Å². The third kappa shape index (κ3) is 7.13. The van der Waals surface area contributed by atoms with Crippen molar-refractivity contribution in [2.24, 2.45) is 0 Å². The molecule has 0 saturated heterocycles. The fourth-order valence-electron chi connectivity index (χ4n) is 11.2. The maximum Gasteiger partial charge on any atom is 0.415 e. The maximum absolute atomic E-state index is 14.0. The van der Waals surface area contributed by atoms with Crippen LogP contribution in [0.15, 0.2) is 164 Å². The lowest BCUT2D eigenvalue weighted by molar-refractivity contribution is -0.137. The van der Waals surface area contributed by atoms with Gasteiger partial charge in [-0.05, 0) is 163 Å². The average Bonchev–Trinajstić information content (AvgIpc) is 3.84. The molecule has 0 unspecified atom stereocenters. The number of halogens is 3. The van der Waals surface area contributed by atoms with E-state index in [2.05, 4.69) is 151 Å². The van der Waals surface area contributed by atoms with Crippen molar-refractivity contribution in [1.82, 2.24) is 9.13 Å². The van der Waals surface area contributed by atoms with Gasteiger partial charge >= 0.3 is 6.18 Å². The number of fused-ring (bicyclic) bond motifs is 6. The summed E-state index contributed by atoms with van der Waals surface area (Å²) in [5.74, 6) is 0. The fraction of sp³-hybridized carbons (Fsp3) is 0.111. The molecule has 0 spiro atoms. The molecule has 0 N–H and O–H groups in total. The predicted octanol–water partition coefficient (Wildman–Crippen LogP) is 18.5. The van der Waals surface area contributed by atoms with Crippen molar-refractivity contribution in [1.29, 1.82) is 0 Å². The molecular formula is C63H45F3N4. The molecule has 0 atom stereocenters. The van der Waals surface area contributed by atoms with Crippen LogP contribution in [0.25, 0.3) is 109 Å². The summed E-state index contributed by atoms with van der Waals surface area (Å²) >= 11 is 0. The molecule has 2 heterocycles. The molecule has 0 saturated carbocycles. The topological polar surface area (TPSA) is 18.6 Å². The summed E-state index contributed by atoms with van der Waals surface area (Å²) in [5.41, 5.74) is 19.4. The van der Waals surface area contributed by atoms with Crippen molar-refractivity contribution < 1.29 is 13.2 Å². The molecule has 0 aliphatic heterocycles. The van der Waals surface area contributed by atoms with Gasteiger partial charge in [0.2, 0.25) is 0 Å². The molecule has 11 aromatic rings. The average molecular weight is 915 g/mol. The standard InChI is InChI=1S/C63H45F3N4/c1-36-27-38(3)61(39(4)28-36)43-18-24-57-51(31-43)48-13-9-11-15-55(48)69(57)59-26-21-46(67-7)35-53(59)50-22-17-42(47-23-20-45(63(64,65)66)34-54(47)68-8)33-60(50)70-56-16-12-10-14-49(56)52-32-44(19-25-58(52)70)62-40(5)29-37(2)30-41(62)6/h9-35H,1-6H3. The van der Waals surface area contributed by atoms with Crippen LogP contribution in [0.2, 0.25) is 0 Å². The number of aromatic nitrogens is 2. The number of hydrogen-bond donors (Lipinski definition) is 0. The summed E-state index contributed by atoms with van der Waals surface area (Å²) in [5, 5.41) is 4.24. The highest BCUT2D eigenvalue weighted by atomic mass is 19.4. The summed E-state index contributed by atoms with van der Waals surface area (Å²) in [6.45, 7) is 29.2. The van der Waals surface area contributed by atoms with Gasteiger partial charge in [-0.2, -0.15) is 13.2 Å².